The fourth-order valence-electron chi connectivity index (χ4n) is 1.98. The molecule has 1 saturated carbocycles. The van der Waals surface area contributed by atoms with E-state index in [1.165, 1.54) is 25.7 Å². The Bertz CT molecular complexity index is 163. The minimum Gasteiger partial charge on any atom is -0.396 e. The first-order chi connectivity index (χ1) is 6.84. The van der Waals surface area contributed by atoms with Crippen molar-refractivity contribution in [3.8, 4) is 0 Å². The van der Waals surface area contributed by atoms with Gasteiger partial charge in [0.15, 0.2) is 0 Å². The van der Waals surface area contributed by atoms with Crippen molar-refractivity contribution in [3.05, 3.63) is 0 Å². The van der Waals surface area contributed by atoms with Gasteiger partial charge in [-0.25, -0.2) is 0 Å². The molecule has 82 valence electrons. The number of carbonyl (C=O) groups excluding carboxylic acids is 1. The maximum absolute atomic E-state index is 11.6. The maximum Gasteiger partial charge on any atom is 0.223 e. The molecule has 0 heterocycles. The molecule has 0 aromatic heterocycles. The molecule has 0 saturated heterocycles. The molecule has 1 aliphatic carbocycles. The van der Waals surface area contributed by atoms with Crippen LogP contribution in [0.5, 0.6) is 0 Å². The Balaban J connectivity index is 2.20. The molecule has 0 bridgehead atoms. The predicted octanol–water partition coefficient (Wildman–Crippen LogP) is 1.46. The normalized spacial score (nSPS) is 18.9. The van der Waals surface area contributed by atoms with Crippen LogP contribution in [0.2, 0.25) is 0 Å². The van der Waals surface area contributed by atoms with Crippen LogP contribution in [-0.4, -0.2) is 24.2 Å². The first-order valence-corrected chi connectivity index (χ1v) is 5.73. The number of nitrogens with one attached hydrogen (secondary N) is 1. The average molecular weight is 199 g/mol. The molecule has 3 heteroatoms. The van der Waals surface area contributed by atoms with Crippen LogP contribution >= 0.6 is 0 Å². The summed E-state index contributed by atoms with van der Waals surface area (Å²) >= 11 is 0. The topological polar surface area (TPSA) is 49.3 Å². The van der Waals surface area contributed by atoms with Crippen molar-refractivity contribution < 1.29 is 9.90 Å². The lowest BCUT2D eigenvalue weighted by atomic mass is 9.99. The standard InChI is InChI=1S/C11H21NO2/c13-9-5-8-12-11(14)10-6-3-1-2-4-7-10/h10,13H,1-9H2,(H,12,14). The summed E-state index contributed by atoms with van der Waals surface area (Å²) in [6, 6.07) is 0. The molecule has 0 radical (unpaired) electrons. The summed E-state index contributed by atoms with van der Waals surface area (Å²) in [7, 11) is 0. The van der Waals surface area contributed by atoms with E-state index in [0.29, 0.717) is 13.0 Å². The molecule has 1 aliphatic rings. The minimum atomic E-state index is 0.158. The van der Waals surface area contributed by atoms with E-state index in [1.807, 2.05) is 0 Å². The van der Waals surface area contributed by atoms with E-state index in [9.17, 15) is 4.79 Å². The van der Waals surface area contributed by atoms with Gasteiger partial charge in [-0.15, -0.1) is 0 Å². The van der Waals surface area contributed by atoms with E-state index in [2.05, 4.69) is 5.32 Å². The summed E-state index contributed by atoms with van der Waals surface area (Å²) in [4.78, 5) is 11.6. The van der Waals surface area contributed by atoms with Gasteiger partial charge in [0.05, 0.1) is 0 Å². The maximum atomic E-state index is 11.6. The third kappa shape index (κ3) is 4.09. The van der Waals surface area contributed by atoms with Crippen LogP contribution in [0.3, 0.4) is 0 Å². The van der Waals surface area contributed by atoms with Gasteiger partial charge < -0.3 is 10.4 Å². The van der Waals surface area contributed by atoms with Gasteiger partial charge in [0.2, 0.25) is 5.91 Å². The third-order valence-electron chi connectivity index (χ3n) is 2.86. The molecule has 0 spiro atoms. The van der Waals surface area contributed by atoms with Crippen LogP contribution in [-0.2, 0) is 4.79 Å². The zero-order valence-electron chi connectivity index (χ0n) is 8.80. The highest BCUT2D eigenvalue weighted by Crippen LogP contribution is 2.22. The van der Waals surface area contributed by atoms with Crippen LogP contribution in [0.4, 0.5) is 0 Å². The number of amides is 1. The van der Waals surface area contributed by atoms with Gasteiger partial charge in [-0.1, -0.05) is 25.7 Å². The number of aliphatic hydroxyl groups excluding tert-OH is 1. The van der Waals surface area contributed by atoms with Gasteiger partial charge in [0.1, 0.15) is 0 Å². The van der Waals surface area contributed by atoms with Crippen molar-refractivity contribution in [3.63, 3.8) is 0 Å². The second-order valence-electron chi connectivity index (χ2n) is 4.06. The number of hydrogen-bond acceptors (Lipinski definition) is 2. The van der Waals surface area contributed by atoms with Crippen molar-refractivity contribution in [2.45, 2.75) is 44.9 Å². The van der Waals surface area contributed by atoms with Crippen LogP contribution in [0, 0.1) is 5.92 Å². The van der Waals surface area contributed by atoms with Crippen molar-refractivity contribution in [1.29, 1.82) is 0 Å². The van der Waals surface area contributed by atoms with E-state index in [0.717, 1.165) is 12.8 Å². The lowest BCUT2D eigenvalue weighted by Gasteiger charge is -2.13. The van der Waals surface area contributed by atoms with Gasteiger partial charge in [-0.2, -0.15) is 0 Å². The Morgan fingerprint density at radius 1 is 1.21 bits per heavy atom. The molecule has 2 N–H and O–H groups in total. The Morgan fingerprint density at radius 2 is 1.86 bits per heavy atom. The molecule has 0 aromatic rings. The zero-order chi connectivity index (χ0) is 10.2. The molecular formula is C11H21NO2. The summed E-state index contributed by atoms with van der Waals surface area (Å²) in [6.07, 6.45) is 7.70. The predicted molar refractivity (Wildman–Crippen MR) is 55.9 cm³/mol. The summed E-state index contributed by atoms with van der Waals surface area (Å²) < 4.78 is 0. The van der Waals surface area contributed by atoms with Crippen molar-refractivity contribution in [1.82, 2.24) is 5.32 Å². The van der Waals surface area contributed by atoms with E-state index in [-0.39, 0.29) is 18.4 Å². The summed E-state index contributed by atoms with van der Waals surface area (Å²) in [5, 5.41) is 11.5. The second kappa shape index (κ2) is 6.82. The molecule has 1 rings (SSSR count). The highest BCUT2D eigenvalue weighted by molar-refractivity contribution is 5.78. The highest BCUT2D eigenvalue weighted by atomic mass is 16.3. The van der Waals surface area contributed by atoms with E-state index in [4.69, 9.17) is 5.11 Å². The molecule has 1 amide bonds. The summed E-state index contributed by atoms with van der Waals surface area (Å²) in [6.45, 7) is 0.775. The Morgan fingerprint density at radius 3 is 2.43 bits per heavy atom. The number of aliphatic hydroxyl groups is 1. The van der Waals surface area contributed by atoms with Crippen LogP contribution in [0.25, 0.3) is 0 Å². The Kier molecular flexibility index (Phi) is 5.60. The second-order valence-corrected chi connectivity index (χ2v) is 4.06. The first-order valence-electron chi connectivity index (χ1n) is 5.73. The van der Waals surface area contributed by atoms with E-state index < -0.39 is 0 Å². The fourth-order valence-corrected chi connectivity index (χ4v) is 1.98. The van der Waals surface area contributed by atoms with Crippen molar-refractivity contribution in [2.75, 3.05) is 13.2 Å². The number of carbonyl (C=O) groups is 1. The zero-order valence-corrected chi connectivity index (χ0v) is 8.80. The van der Waals surface area contributed by atoms with Crippen LogP contribution in [0.15, 0.2) is 0 Å². The summed E-state index contributed by atoms with van der Waals surface area (Å²) in [5.41, 5.74) is 0. The van der Waals surface area contributed by atoms with E-state index >= 15 is 0 Å². The fraction of sp³-hybridized carbons (Fsp3) is 0.909. The molecule has 14 heavy (non-hydrogen) atoms. The Hall–Kier alpha value is -0.570. The van der Waals surface area contributed by atoms with Gasteiger partial charge in [0.25, 0.3) is 0 Å². The summed E-state index contributed by atoms with van der Waals surface area (Å²) in [5.74, 6) is 0.427. The first kappa shape index (κ1) is 11.5. The van der Waals surface area contributed by atoms with Gasteiger partial charge in [-0.05, 0) is 19.3 Å². The smallest absolute Gasteiger partial charge is 0.223 e. The van der Waals surface area contributed by atoms with Crippen molar-refractivity contribution in [2.24, 2.45) is 5.92 Å². The monoisotopic (exact) mass is 199 g/mol. The highest BCUT2D eigenvalue weighted by Gasteiger charge is 2.18. The molecule has 1 fully saturated rings. The minimum absolute atomic E-state index is 0.158. The molecule has 0 unspecified atom stereocenters. The third-order valence-corrected chi connectivity index (χ3v) is 2.86. The van der Waals surface area contributed by atoms with Crippen molar-refractivity contribution >= 4 is 5.91 Å². The molecule has 3 nitrogen and oxygen atoms in total. The largest absolute Gasteiger partial charge is 0.396 e. The number of hydrogen-bond donors (Lipinski definition) is 2. The SMILES string of the molecule is O=C(NCCCO)C1CCCCCC1. The van der Waals surface area contributed by atoms with Crippen LogP contribution < -0.4 is 5.32 Å². The molecule has 0 aromatic carbocycles. The van der Waals surface area contributed by atoms with Gasteiger partial charge >= 0.3 is 0 Å². The van der Waals surface area contributed by atoms with Gasteiger partial charge in [-0.3, -0.25) is 4.79 Å². The molecule has 0 aliphatic heterocycles. The van der Waals surface area contributed by atoms with Gasteiger partial charge in [0, 0.05) is 19.1 Å². The lowest BCUT2D eigenvalue weighted by Crippen LogP contribution is -2.31. The average Bonchev–Trinajstić information content (AvgIpc) is 2.46. The Labute approximate surface area is 85.9 Å². The lowest BCUT2D eigenvalue weighted by molar-refractivity contribution is -0.125. The quantitative estimate of drug-likeness (QED) is 0.532. The molecule has 0 atom stereocenters. The van der Waals surface area contributed by atoms with Crippen LogP contribution in [0.1, 0.15) is 44.9 Å². The molecular weight excluding hydrogens is 178 g/mol. The number of rotatable bonds is 4. The van der Waals surface area contributed by atoms with E-state index in [1.54, 1.807) is 0 Å².